The van der Waals surface area contributed by atoms with Gasteiger partial charge in [0, 0.05) is 17.7 Å². The number of anilines is 1. The summed E-state index contributed by atoms with van der Waals surface area (Å²) < 4.78 is 30.6. The maximum Gasteiger partial charge on any atom is 0.329 e. The van der Waals surface area contributed by atoms with Crippen LogP contribution >= 0.6 is 0 Å². The molecule has 0 saturated carbocycles. The highest BCUT2D eigenvalue weighted by atomic mass is 32.2. The summed E-state index contributed by atoms with van der Waals surface area (Å²) in [5, 5.41) is 2.69. The second kappa shape index (κ2) is 10.4. The Morgan fingerprint density at radius 3 is 2.32 bits per heavy atom. The number of amides is 1. The van der Waals surface area contributed by atoms with Gasteiger partial charge in [0.1, 0.15) is 6.04 Å². The van der Waals surface area contributed by atoms with Gasteiger partial charge in [0.25, 0.3) is 5.91 Å². The van der Waals surface area contributed by atoms with Gasteiger partial charge < -0.3 is 10.1 Å². The van der Waals surface area contributed by atoms with Gasteiger partial charge in [-0.3, -0.25) is 13.9 Å². The van der Waals surface area contributed by atoms with Gasteiger partial charge in [-0.05, 0) is 61.6 Å². The molecule has 1 atom stereocenters. The summed E-state index contributed by atoms with van der Waals surface area (Å²) in [6, 6.07) is 10.9. The van der Waals surface area contributed by atoms with E-state index in [4.69, 9.17) is 4.74 Å². The molecule has 1 heterocycles. The molecule has 0 fully saturated rings. The second-order valence-corrected chi connectivity index (χ2v) is 10.8. The number of Topliss-reactive ketones (excluding diaryl/α,β-unsaturated/α-hetero) is 1. The number of benzene rings is 2. The third kappa shape index (κ3) is 6.02. The lowest BCUT2D eigenvalue weighted by Gasteiger charge is -2.29. The van der Waals surface area contributed by atoms with Gasteiger partial charge in [0.15, 0.2) is 12.4 Å². The molecule has 1 aliphatic heterocycles. The summed E-state index contributed by atoms with van der Waals surface area (Å²) in [5.74, 6) is -1.74. The molecule has 0 radical (unpaired) electrons. The van der Waals surface area contributed by atoms with E-state index in [0.717, 1.165) is 17.4 Å². The van der Waals surface area contributed by atoms with Crippen LogP contribution in [0.25, 0.3) is 0 Å². The Bertz CT molecular complexity index is 1190. The zero-order valence-corrected chi connectivity index (χ0v) is 20.6. The fraction of sp³-hybridized carbons (Fsp3) is 0.400. The van der Waals surface area contributed by atoms with Crippen molar-refractivity contribution >= 4 is 33.4 Å². The molecule has 1 amide bonds. The Morgan fingerprint density at radius 2 is 1.71 bits per heavy atom. The number of hydrogen-bond acceptors (Lipinski definition) is 6. The van der Waals surface area contributed by atoms with Crippen LogP contribution in [0.15, 0.2) is 42.5 Å². The van der Waals surface area contributed by atoms with Crippen LogP contribution < -0.4 is 9.62 Å². The van der Waals surface area contributed by atoms with Gasteiger partial charge in [-0.25, -0.2) is 13.2 Å². The molecule has 0 aliphatic carbocycles. The molecule has 34 heavy (non-hydrogen) atoms. The van der Waals surface area contributed by atoms with Crippen LogP contribution in [0.3, 0.4) is 0 Å². The number of rotatable bonds is 8. The van der Waals surface area contributed by atoms with E-state index in [0.29, 0.717) is 36.2 Å². The van der Waals surface area contributed by atoms with Crippen molar-refractivity contribution in [2.24, 2.45) is 5.92 Å². The number of ether oxygens (including phenoxy) is 1. The van der Waals surface area contributed by atoms with Crippen LogP contribution in [0.4, 0.5) is 5.69 Å². The van der Waals surface area contributed by atoms with Gasteiger partial charge in [-0.15, -0.1) is 0 Å². The van der Waals surface area contributed by atoms with E-state index in [1.54, 1.807) is 38.1 Å². The lowest BCUT2D eigenvalue weighted by molar-refractivity contribution is -0.145. The zero-order chi connectivity index (χ0) is 25.0. The summed E-state index contributed by atoms with van der Waals surface area (Å²) in [5.41, 5.74) is 3.12. The predicted molar refractivity (Wildman–Crippen MR) is 130 cm³/mol. The molecule has 182 valence electrons. The highest BCUT2D eigenvalue weighted by Crippen LogP contribution is 2.30. The van der Waals surface area contributed by atoms with Crippen LogP contribution in [0.1, 0.15) is 52.1 Å². The molecule has 0 saturated heterocycles. The standard InChI is InChI=1S/C25H30N2O6S/c1-16(2)23(26-24(29)18-9-7-17(3)8-10-18)25(30)33-15-22(28)20-11-12-21-19(14-20)6-5-13-27(21)34(4,31)32/h7-12,14,16,23H,5-6,13,15H2,1-4H3,(H,26,29). The highest BCUT2D eigenvalue weighted by molar-refractivity contribution is 7.92. The fourth-order valence-electron chi connectivity index (χ4n) is 3.82. The van der Waals surface area contributed by atoms with Gasteiger partial charge >= 0.3 is 5.97 Å². The first-order valence-corrected chi connectivity index (χ1v) is 13.0. The SMILES string of the molecule is Cc1ccc(C(=O)NC(C(=O)OCC(=O)c2ccc3c(c2)CCCN3S(C)(=O)=O)C(C)C)cc1. The molecule has 0 bridgehead atoms. The average molecular weight is 487 g/mol. The number of ketones is 1. The minimum atomic E-state index is -3.40. The first kappa shape index (κ1) is 25.4. The molecule has 1 aliphatic rings. The van der Waals surface area contributed by atoms with Crippen molar-refractivity contribution in [3.8, 4) is 0 Å². The van der Waals surface area contributed by atoms with Gasteiger partial charge in [-0.2, -0.15) is 0 Å². The Hall–Kier alpha value is -3.20. The lowest BCUT2D eigenvalue weighted by atomic mass is 9.99. The van der Waals surface area contributed by atoms with E-state index in [2.05, 4.69) is 5.32 Å². The zero-order valence-electron chi connectivity index (χ0n) is 19.8. The van der Waals surface area contributed by atoms with Crippen LogP contribution in [0, 0.1) is 12.8 Å². The molecule has 0 spiro atoms. The Labute approximate surface area is 200 Å². The number of aryl methyl sites for hydroxylation is 2. The molecule has 1 N–H and O–H groups in total. The average Bonchev–Trinajstić information content (AvgIpc) is 2.79. The van der Waals surface area contributed by atoms with Crippen molar-refractivity contribution in [3.63, 3.8) is 0 Å². The predicted octanol–water partition coefficient (Wildman–Crippen LogP) is 2.89. The molecule has 9 heteroatoms. The van der Waals surface area contributed by atoms with Crippen molar-refractivity contribution in [1.82, 2.24) is 5.32 Å². The Balaban J connectivity index is 1.65. The van der Waals surface area contributed by atoms with Crippen LogP contribution in [0.5, 0.6) is 0 Å². The van der Waals surface area contributed by atoms with Crippen molar-refractivity contribution in [1.29, 1.82) is 0 Å². The molecule has 0 aromatic heterocycles. The third-order valence-corrected chi connectivity index (χ3v) is 6.92. The van der Waals surface area contributed by atoms with E-state index in [1.807, 2.05) is 19.1 Å². The molecule has 2 aromatic carbocycles. The van der Waals surface area contributed by atoms with Crippen molar-refractivity contribution in [3.05, 3.63) is 64.7 Å². The fourth-order valence-corrected chi connectivity index (χ4v) is 4.81. The number of sulfonamides is 1. The maximum atomic E-state index is 12.7. The monoisotopic (exact) mass is 486 g/mol. The minimum Gasteiger partial charge on any atom is -0.456 e. The Morgan fingerprint density at radius 1 is 1.06 bits per heavy atom. The molecule has 8 nitrogen and oxygen atoms in total. The van der Waals surface area contributed by atoms with E-state index in [1.165, 1.54) is 10.4 Å². The molecule has 3 rings (SSSR count). The summed E-state index contributed by atoms with van der Waals surface area (Å²) >= 11 is 0. The number of carbonyl (C=O) groups is 3. The minimum absolute atomic E-state index is 0.247. The van der Waals surface area contributed by atoms with E-state index >= 15 is 0 Å². The maximum absolute atomic E-state index is 12.7. The number of esters is 1. The first-order chi connectivity index (χ1) is 16.0. The van der Waals surface area contributed by atoms with Gasteiger partial charge in [0.05, 0.1) is 11.9 Å². The number of hydrogen-bond donors (Lipinski definition) is 1. The number of nitrogens with one attached hydrogen (secondary N) is 1. The van der Waals surface area contributed by atoms with Crippen LogP contribution in [-0.4, -0.2) is 51.5 Å². The van der Waals surface area contributed by atoms with Gasteiger partial charge in [-0.1, -0.05) is 31.5 Å². The number of carbonyl (C=O) groups excluding carboxylic acids is 3. The first-order valence-electron chi connectivity index (χ1n) is 11.2. The van der Waals surface area contributed by atoms with Crippen molar-refractivity contribution < 1.29 is 27.5 Å². The topological polar surface area (TPSA) is 110 Å². The smallest absolute Gasteiger partial charge is 0.329 e. The normalized spacial score (nSPS) is 14.3. The molecule has 2 aromatic rings. The van der Waals surface area contributed by atoms with E-state index in [-0.39, 0.29) is 5.92 Å². The largest absolute Gasteiger partial charge is 0.456 e. The van der Waals surface area contributed by atoms with Crippen LogP contribution in [0.2, 0.25) is 0 Å². The quantitative estimate of drug-likeness (QED) is 0.454. The molecular formula is C25H30N2O6S. The van der Waals surface area contributed by atoms with Crippen molar-refractivity contribution in [2.75, 3.05) is 23.7 Å². The number of fused-ring (bicyclic) bond motifs is 1. The Kier molecular flexibility index (Phi) is 7.76. The summed E-state index contributed by atoms with van der Waals surface area (Å²) in [7, 11) is -3.40. The molecule has 1 unspecified atom stereocenters. The number of nitrogens with zero attached hydrogens (tertiary/aromatic N) is 1. The molecular weight excluding hydrogens is 456 g/mol. The van der Waals surface area contributed by atoms with E-state index < -0.39 is 40.3 Å². The van der Waals surface area contributed by atoms with Crippen molar-refractivity contribution in [2.45, 2.75) is 39.7 Å². The second-order valence-electron chi connectivity index (χ2n) is 8.87. The summed E-state index contributed by atoms with van der Waals surface area (Å²) in [4.78, 5) is 37.9. The highest BCUT2D eigenvalue weighted by Gasteiger charge is 2.28. The lowest BCUT2D eigenvalue weighted by Crippen LogP contribution is -2.45. The van der Waals surface area contributed by atoms with Gasteiger partial charge in [0.2, 0.25) is 10.0 Å². The summed E-state index contributed by atoms with van der Waals surface area (Å²) in [6.45, 7) is 5.40. The summed E-state index contributed by atoms with van der Waals surface area (Å²) in [6.07, 6.45) is 2.47. The third-order valence-electron chi connectivity index (χ3n) is 5.74. The van der Waals surface area contributed by atoms with E-state index in [9.17, 15) is 22.8 Å². The van der Waals surface area contributed by atoms with Crippen LogP contribution in [-0.2, 0) is 26.0 Å².